The second-order valence-electron chi connectivity index (χ2n) is 3.13. The number of phenols is 1. The summed E-state index contributed by atoms with van der Waals surface area (Å²) in [6.45, 7) is 0. The highest BCUT2D eigenvalue weighted by atomic mass is 16.4. The molecule has 0 spiro atoms. The molecule has 0 amide bonds. The molecule has 3 N–H and O–H groups in total. The van der Waals surface area contributed by atoms with Gasteiger partial charge in [-0.1, -0.05) is 30.3 Å². The molecule has 4 heteroatoms. The quantitative estimate of drug-likeness (QED) is 0.561. The summed E-state index contributed by atoms with van der Waals surface area (Å²) < 4.78 is 0. The first-order chi connectivity index (χ1) is 6.68. The standard InChI is InChI=1S/C10H9BO3/c12-10-6-8-4-2-1-3-7(8)5-9(10)11(13)14/h1-6,12-14H. The smallest absolute Gasteiger partial charge is 0.492 e. The number of phenolic OH excluding ortho intramolecular Hbond substituents is 1. The van der Waals surface area contributed by atoms with E-state index in [2.05, 4.69) is 0 Å². The van der Waals surface area contributed by atoms with Gasteiger partial charge < -0.3 is 15.2 Å². The lowest BCUT2D eigenvalue weighted by molar-refractivity contribution is 0.420. The summed E-state index contributed by atoms with van der Waals surface area (Å²) in [6.07, 6.45) is 0. The molecule has 0 atom stereocenters. The lowest BCUT2D eigenvalue weighted by Crippen LogP contribution is -2.29. The highest BCUT2D eigenvalue weighted by Crippen LogP contribution is 2.17. The molecular formula is C10H9BO3. The maximum Gasteiger partial charge on any atom is 0.492 e. The first kappa shape index (κ1) is 9.06. The summed E-state index contributed by atoms with van der Waals surface area (Å²) in [7, 11) is -1.64. The summed E-state index contributed by atoms with van der Waals surface area (Å²) >= 11 is 0. The molecule has 0 aliphatic heterocycles. The Morgan fingerprint density at radius 1 is 0.929 bits per heavy atom. The molecule has 2 aromatic rings. The van der Waals surface area contributed by atoms with Crippen LogP contribution in [0.1, 0.15) is 0 Å². The minimum atomic E-state index is -1.64. The van der Waals surface area contributed by atoms with Crippen LogP contribution in [-0.4, -0.2) is 22.3 Å². The van der Waals surface area contributed by atoms with Gasteiger partial charge in [-0.15, -0.1) is 0 Å². The highest BCUT2D eigenvalue weighted by Gasteiger charge is 2.16. The van der Waals surface area contributed by atoms with Gasteiger partial charge in [0.25, 0.3) is 0 Å². The second-order valence-corrected chi connectivity index (χ2v) is 3.13. The number of rotatable bonds is 1. The molecule has 0 heterocycles. The summed E-state index contributed by atoms with van der Waals surface area (Å²) in [5.74, 6) is -0.0984. The van der Waals surface area contributed by atoms with E-state index < -0.39 is 7.12 Å². The molecule has 0 unspecified atom stereocenters. The molecule has 0 radical (unpaired) electrons. The fraction of sp³-hybridized carbons (Fsp3) is 0. The van der Waals surface area contributed by atoms with Gasteiger partial charge in [0.2, 0.25) is 0 Å². The van der Waals surface area contributed by atoms with Crippen LogP contribution in [0.2, 0.25) is 0 Å². The van der Waals surface area contributed by atoms with Crippen LogP contribution in [0, 0.1) is 0 Å². The predicted octanol–water partition coefficient (Wildman–Crippen LogP) is 0.225. The topological polar surface area (TPSA) is 60.7 Å². The Hall–Kier alpha value is -1.52. The van der Waals surface area contributed by atoms with Gasteiger partial charge in [0.15, 0.2) is 0 Å². The van der Waals surface area contributed by atoms with Crippen molar-refractivity contribution < 1.29 is 15.2 Å². The monoisotopic (exact) mass is 188 g/mol. The van der Waals surface area contributed by atoms with E-state index in [0.717, 1.165) is 10.8 Å². The van der Waals surface area contributed by atoms with Crippen molar-refractivity contribution in [1.29, 1.82) is 0 Å². The maximum absolute atomic E-state index is 9.46. The number of fused-ring (bicyclic) bond motifs is 1. The Labute approximate surface area is 81.4 Å². The molecular weight excluding hydrogens is 179 g/mol. The molecule has 0 fully saturated rings. The van der Waals surface area contributed by atoms with Crippen molar-refractivity contribution in [3.63, 3.8) is 0 Å². The van der Waals surface area contributed by atoms with E-state index in [1.54, 1.807) is 6.07 Å². The number of hydrogen-bond donors (Lipinski definition) is 3. The Morgan fingerprint density at radius 2 is 1.50 bits per heavy atom. The van der Waals surface area contributed by atoms with E-state index in [1.807, 2.05) is 24.3 Å². The van der Waals surface area contributed by atoms with Gasteiger partial charge in [-0.25, -0.2) is 0 Å². The highest BCUT2D eigenvalue weighted by molar-refractivity contribution is 6.60. The van der Waals surface area contributed by atoms with Gasteiger partial charge in [0, 0.05) is 5.46 Å². The van der Waals surface area contributed by atoms with Gasteiger partial charge in [-0.2, -0.15) is 0 Å². The van der Waals surface area contributed by atoms with Crippen LogP contribution in [-0.2, 0) is 0 Å². The molecule has 0 aliphatic carbocycles. The van der Waals surface area contributed by atoms with Crippen LogP contribution in [0.4, 0.5) is 0 Å². The molecule has 0 aliphatic rings. The fourth-order valence-corrected chi connectivity index (χ4v) is 1.45. The summed E-state index contributed by atoms with van der Waals surface area (Å²) in [5.41, 5.74) is 0.128. The Bertz CT molecular complexity index is 468. The first-order valence-corrected chi connectivity index (χ1v) is 4.26. The largest absolute Gasteiger partial charge is 0.508 e. The van der Waals surface area contributed by atoms with Crippen LogP contribution in [0.15, 0.2) is 36.4 Å². The third-order valence-electron chi connectivity index (χ3n) is 2.17. The lowest BCUT2D eigenvalue weighted by Gasteiger charge is -2.05. The summed E-state index contributed by atoms with van der Waals surface area (Å²) in [4.78, 5) is 0. The minimum Gasteiger partial charge on any atom is -0.508 e. The molecule has 0 saturated heterocycles. The number of aromatic hydroxyl groups is 1. The zero-order valence-electron chi connectivity index (χ0n) is 7.38. The first-order valence-electron chi connectivity index (χ1n) is 4.26. The number of benzene rings is 2. The molecule has 0 bridgehead atoms. The van der Waals surface area contributed by atoms with Crippen LogP contribution >= 0.6 is 0 Å². The fourth-order valence-electron chi connectivity index (χ4n) is 1.45. The molecule has 70 valence electrons. The van der Waals surface area contributed by atoms with Crippen LogP contribution < -0.4 is 5.46 Å². The van der Waals surface area contributed by atoms with E-state index in [-0.39, 0.29) is 11.2 Å². The van der Waals surface area contributed by atoms with Crippen molar-refractivity contribution in [1.82, 2.24) is 0 Å². The van der Waals surface area contributed by atoms with Gasteiger partial charge in [-0.3, -0.25) is 0 Å². The van der Waals surface area contributed by atoms with Gasteiger partial charge in [-0.05, 0) is 16.8 Å². The Balaban J connectivity index is 2.71. The molecule has 0 aromatic heterocycles. The Kier molecular flexibility index (Phi) is 2.15. The van der Waals surface area contributed by atoms with E-state index in [1.165, 1.54) is 6.07 Å². The van der Waals surface area contributed by atoms with Crippen LogP contribution in [0.3, 0.4) is 0 Å². The average Bonchev–Trinajstić information content (AvgIpc) is 2.16. The zero-order chi connectivity index (χ0) is 10.1. The lowest BCUT2D eigenvalue weighted by atomic mass is 9.78. The zero-order valence-corrected chi connectivity index (χ0v) is 7.38. The van der Waals surface area contributed by atoms with Crippen molar-refractivity contribution in [3.8, 4) is 5.75 Å². The summed E-state index contributed by atoms with van der Waals surface area (Å²) in [5, 5.41) is 29.1. The van der Waals surface area contributed by atoms with E-state index in [0.29, 0.717) is 0 Å². The molecule has 2 rings (SSSR count). The van der Waals surface area contributed by atoms with Crippen molar-refractivity contribution in [3.05, 3.63) is 36.4 Å². The molecule has 2 aromatic carbocycles. The second kappa shape index (κ2) is 3.33. The van der Waals surface area contributed by atoms with Crippen LogP contribution in [0.5, 0.6) is 5.75 Å². The van der Waals surface area contributed by atoms with Gasteiger partial charge in [0.1, 0.15) is 5.75 Å². The normalized spacial score (nSPS) is 10.4. The molecule has 0 saturated carbocycles. The average molecular weight is 188 g/mol. The van der Waals surface area contributed by atoms with E-state index in [4.69, 9.17) is 10.0 Å². The minimum absolute atomic E-state index is 0.0984. The van der Waals surface area contributed by atoms with Gasteiger partial charge in [0.05, 0.1) is 0 Å². The SMILES string of the molecule is OB(O)c1cc2ccccc2cc1O. The predicted molar refractivity (Wildman–Crippen MR) is 55.4 cm³/mol. The van der Waals surface area contributed by atoms with E-state index in [9.17, 15) is 5.11 Å². The van der Waals surface area contributed by atoms with Crippen molar-refractivity contribution in [2.45, 2.75) is 0 Å². The van der Waals surface area contributed by atoms with Crippen molar-refractivity contribution >= 4 is 23.4 Å². The van der Waals surface area contributed by atoms with Crippen LogP contribution in [0.25, 0.3) is 10.8 Å². The van der Waals surface area contributed by atoms with Gasteiger partial charge >= 0.3 is 7.12 Å². The number of hydrogen-bond acceptors (Lipinski definition) is 3. The van der Waals surface area contributed by atoms with E-state index >= 15 is 0 Å². The Morgan fingerprint density at radius 3 is 2.07 bits per heavy atom. The molecule has 14 heavy (non-hydrogen) atoms. The van der Waals surface area contributed by atoms with Crippen molar-refractivity contribution in [2.75, 3.05) is 0 Å². The third kappa shape index (κ3) is 1.45. The molecule has 3 nitrogen and oxygen atoms in total. The summed E-state index contributed by atoms with van der Waals surface area (Å²) in [6, 6.07) is 10.5. The third-order valence-corrected chi connectivity index (χ3v) is 2.17. The maximum atomic E-state index is 9.46. The van der Waals surface area contributed by atoms with Crippen molar-refractivity contribution in [2.24, 2.45) is 0 Å².